The molecular formula is C27H31ClN6O7. The Morgan fingerprint density at radius 1 is 1.17 bits per heavy atom. The van der Waals surface area contributed by atoms with Gasteiger partial charge in [-0.1, -0.05) is 11.6 Å². The lowest BCUT2D eigenvalue weighted by atomic mass is 10.2. The molecule has 4 heterocycles. The van der Waals surface area contributed by atoms with Crippen molar-refractivity contribution in [2.75, 3.05) is 64.2 Å². The van der Waals surface area contributed by atoms with E-state index in [1.165, 1.54) is 36.4 Å². The van der Waals surface area contributed by atoms with Gasteiger partial charge >= 0.3 is 0 Å². The molecule has 13 nitrogen and oxygen atoms in total. The molecule has 1 fully saturated rings. The van der Waals surface area contributed by atoms with E-state index < -0.39 is 5.91 Å². The molecule has 0 radical (unpaired) electrons. The molecular weight excluding hydrogens is 556 g/mol. The van der Waals surface area contributed by atoms with Crippen LogP contribution in [0.3, 0.4) is 0 Å². The molecule has 0 spiro atoms. The number of halogens is 1. The molecule has 14 heteroatoms. The number of unbranched alkanes of at least 4 members (excludes halogenated alkanes) is 1. The van der Waals surface area contributed by atoms with Crippen molar-refractivity contribution in [2.45, 2.75) is 19.3 Å². The Hall–Kier alpha value is -4.07. The Labute approximate surface area is 241 Å². The van der Waals surface area contributed by atoms with E-state index in [-0.39, 0.29) is 64.8 Å². The van der Waals surface area contributed by atoms with Crippen LogP contribution in [0.1, 0.15) is 40.3 Å². The molecule has 3 aromatic heterocycles. The van der Waals surface area contributed by atoms with Crippen LogP contribution in [0.2, 0.25) is 5.02 Å². The number of carbonyl (C=O) groups excluding carboxylic acids is 4. The van der Waals surface area contributed by atoms with E-state index in [1.54, 1.807) is 18.0 Å². The molecule has 3 aromatic rings. The maximum atomic E-state index is 13.2. The van der Waals surface area contributed by atoms with E-state index in [0.717, 1.165) is 0 Å². The number of morpholine rings is 1. The van der Waals surface area contributed by atoms with Crippen molar-refractivity contribution in [3.8, 4) is 0 Å². The zero-order valence-corrected chi connectivity index (χ0v) is 23.5. The summed E-state index contributed by atoms with van der Waals surface area (Å²) in [6, 6.07) is 6.09. The summed E-state index contributed by atoms with van der Waals surface area (Å²) >= 11 is 5.88. The highest BCUT2D eigenvalue weighted by atomic mass is 35.5. The summed E-state index contributed by atoms with van der Waals surface area (Å²) < 4.78 is 16.0. The van der Waals surface area contributed by atoms with Crippen LogP contribution in [0, 0.1) is 0 Å². The van der Waals surface area contributed by atoms with Crippen LogP contribution < -0.4 is 10.6 Å². The summed E-state index contributed by atoms with van der Waals surface area (Å²) in [6.45, 7) is 2.32. The van der Waals surface area contributed by atoms with Crippen molar-refractivity contribution < 1.29 is 33.1 Å². The molecule has 1 aliphatic heterocycles. The second-order valence-electron chi connectivity index (χ2n) is 9.32. The van der Waals surface area contributed by atoms with E-state index >= 15 is 0 Å². The van der Waals surface area contributed by atoms with Crippen molar-refractivity contribution in [1.29, 1.82) is 0 Å². The van der Waals surface area contributed by atoms with Crippen molar-refractivity contribution in [3.05, 3.63) is 46.9 Å². The SMILES string of the molecule is COCCN(C)C(=O)c1ccc2oc(C(=O)Nc3ccc(Cl)cn3)c(NC(=O)CCCCN3CCOCC3=O)c2n1. The predicted molar refractivity (Wildman–Crippen MR) is 150 cm³/mol. The molecule has 0 saturated carbocycles. The molecule has 0 atom stereocenters. The molecule has 4 amide bonds. The number of nitrogens with zero attached hydrogens (tertiary/aromatic N) is 4. The number of aromatic nitrogens is 2. The van der Waals surface area contributed by atoms with Crippen LogP contribution in [-0.2, 0) is 19.1 Å². The average molecular weight is 587 g/mol. The summed E-state index contributed by atoms with van der Waals surface area (Å²) in [7, 11) is 3.16. The van der Waals surface area contributed by atoms with Crippen LogP contribution in [0.15, 0.2) is 34.9 Å². The number of methoxy groups -OCH3 is 1. The molecule has 2 N–H and O–H groups in total. The van der Waals surface area contributed by atoms with Gasteiger partial charge in [-0.15, -0.1) is 0 Å². The maximum absolute atomic E-state index is 13.2. The lowest BCUT2D eigenvalue weighted by Crippen LogP contribution is -2.42. The summed E-state index contributed by atoms with van der Waals surface area (Å²) in [6.07, 6.45) is 2.63. The van der Waals surface area contributed by atoms with Gasteiger partial charge in [-0.2, -0.15) is 0 Å². The number of hydrogen-bond acceptors (Lipinski definition) is 9. The Bertz CT molecular complexity index is 1410. The lowest BCUT2D eigenvalue weighted by molar-refractivity contribution is -0.142. The fraction of sp³-hybridized carbons (Fsp3) is 0.407. The number of furan rings is 1. The van der Waals surface area contributed by atoms with Gasteiger partial charge in [-0.3, -0.25) is 19.2 Å². The highest BCUT2D eigenvalue weighted by molar-refractivity contribution is 6.30. The van der Waals surface area contributed by atoms with E-state index in [4.69, 9.17) is 25.5 Å². The fourth-order valence-electron chi connectivity index (χ4n) is 4.10. The minimum Gasteiger partial charge on any atom is -0.447 e. The zero-order valence-electron chi connectivity index (χ0n) is 22.8. The standard InChI is InChI=1S/C27H31ClN6O7/c1-33(11-13-39-2)27(38)18-7-8-19-23(30-18)24(25(41-19)26(37)31-20-9-6-17(28)15-29-20)32-21(35)5-3-4-10-34-12-14-40-16-22(34)36/h6-9,15H,3-5,10-14,16H2,1-2H3,(H,32,35)(H,29,31,37). The van der Waals surface area contributed by atoms with Crippen LogP contribution in [-0.4, -0.2) is 97.0 Å². The van der Waals surface area contributed by atoms with Gasteiger partial charge in [0.25, 0.3) is 11.8 Å². The monoisotopic (exact) mass is 586 g/mol. The van der Waals surface area contributed by atoms with Crippen LogP contribution >= 0.6 is 11.6 Å². The topological polar surface area (TPSA) is 156 Å². The number of nitrogens with one attached hydrogen (secondary N) is 2. The summed E-state index contributed by atoms with van der Waals surface area (Å²) in [4.78, 5) is 62.6. The number of amides is 4. The van der Waals surface area contributed by atoms with Gasteiger partial charge < -0.3 is 34.3 Å². The van der Waals surface area contributed by atoms with E-state index in [1.807, 2.05) is 0 Å². The number of ether oxygens (including phenoxy) is 2. The van der Waals surface area contributed by atoms with Gasteiger partial charge in [-0.25, -0.2) is 9.97 Å². The number of anilines is 2. The third-order valence-electron chi connectivity index (χ3n) is 6.34. The summed E-state index contributed by atoms with van der Waals surface area (Å²) in [5, 5.41) is 5.75. The summed E-state index contributed by atoms with van der Waals surface area (Å²) in [5.41, 5.74) is 0.497. The first kappa shape index (κ1) is 29.9. The Kier molecular flexibility index (Phi) is 10.2. The van der Waals surface area contributed by atoms with E-state index in [9.17, 15) is 19.2 Å². The number of pyridine rings is 2. The number of fused-ring (bicyclic) bond motifs is 1. The van der Waals surface area contributed by atoms with Gasteiger partial charge in [0.05, 0.1) is 18.2 Å². The molecule has 41 heavy (non-hydrogen) atoms. The Balaban J connectivity index is 1.53. The third-order valence-corrected chi connectivity index (χ3v) is 6.56. The molecule has 1 saturated heterocycles. The number of rotatable bonds is 12. The molecule has 0 aliphatic carbocycles. The minimum atomic E-state index is -0.677. The zero-order chi connectivity index (χ0) is 29.4. The minimum absolute atomic E-state index is 0.0361. The molecule has 4 rings (SSSR count). The van der Waals surface area contributed by atoms with Crippen molar-refractivity contribution >= 4 is 57.8 Å². The van der Waals surface area contributed by atoms with Gasteiger partial charge in [0.1, 0.15) is 29.3 Å². The van der Waals surface area contributed by atoms with Crippen LogP contribution in [0.25, 0.3) is 11.1 Å². The first-order valence-electron chi connectivity index (χ1n) is 13.0. The number of carbonyl (C=O) groups is 4. The highest BCUT2D eigenvalue weighted by Gasteiger charge is 2.26. The second kappa shape index (κ2) is 14.0. The fourth-order valence-corrected chi connectivity index (χ4v) is 4.21. The van der Waals surface area contributed by atoms with Gasteiger partial charge in [-0.05, 0) is 37.1 Å². The molecule has 0 bridgehead atoms. The first-order valence-corrected chi connectivity index (χ1v) is 13.4. The number of hydrogen-bond donors (Lipinski definition) is 2. The van der Waals surface area contributed by atoms with Crippen LogP contribution in [0.4, 0.5) is 11.5 Å². The Morgan fingerprint density at radius 3 is 2.73 bits per heavy atom. The average Bonchev–Trinajstić information content (AvgIpc) is 3.33. The second-order valence-corrected chi connectivity index (χ2v) is 9.76. The van der Waals surface area contributed by atoms with Gasteiger partial charge in [0.2, 0.25) is 17.6 Å². The quantitative estimate of drug-likeness (QED) is 0.305. The van der Waals surface area contributed by atoms with E-state index in [2.05, 4.69) is 20.6 Å². The summed E-state index contributed by atoms with van der Waals surface area (Å²) in [5.74, 6) is -1.47. The number of likely N-dealkylation sites (N-methyl/N-ethyl adjacent to an activating group) is 1. The van der Waals surface area contributed by atoms with Gasteiger partial charge in [0, 0.05) is 46.4 Å². The maximum Gasteiger partial charge on any atom is 0.294 e. The van der Waals surface area contributed by atoms with Gasteiger partial charge in [0.15, 0.2) is 5.58 Å². The largest absolute Gasteiger partial charge is 0.447 e. The molecule has 0 aromatic carbocycles. The highest BCUT2D eigenvalue weighted by Crippen LogP contribution is 2.31. The Morgan fingerprint density at radius 2 is 2.00 bits per heavy atom. The van der Waals surface area contributed by atoms with Crippen molar-refractivity contribution in [2.24, 2.45) is 0 Å². The van der Waals surface area contributed by atoms with Crippen LogP contribution in [0.5, 0.6) is 0 Å². The van der Waals surface area contributed by atoms with E-state index in [0.29, 0.717) is 50.7 Å². The molecule has 218 valence electrons. The smallest absolute Gasteiger partial charge is 0.294 e. The molecule has 1 aliphatic rings. The van der Waals surface area contributed by atoms with Crippen molar-refractivity contribution in [1.82, 2.24) is 19.8 Å². The first-order chi connectivity index (χ1) is 19.8. The normalized spacial score (nSPS) is 13.3. The third kappa shape index (κ3) is 7.78. The lowest BCUT2D eigenvalue weighted by Gasteiger charge is -2.26. The van der Waals surface area contributed by atoms with Crippen molar-refractivity contribution in [3.63, 3.8) is 0 Å². The molecule has 0 unspecified atom stereocenters. The predicted octanol–water partition coefficient (Wildman–Crippen LogP) is 2.81.